The number of rotatable bonds is 4. The van der Waals surface area contributed by atoms with Crippen LogP contribution in [0, 0.1) is 0 Å². The average Bonchev–Trinajstić information content (AvgIpc) is 2.96. The highest BCUT2D eigenvalue weighted by Gasteiger charge is 2.44. The largest absolute Gasteiger partial charge is 0.459 e. The SMILES string of the molecule is CC(C)(C)OC(=O)N1CC[C@@H](N=[N+]=[N-])[C@H]1C(=O)OCc1ccccc1. The van der Waals surface area contributed by atoms with Crippen LogP contribution >= 0.6 is 0 Å². The number of benzene rings is 1. The molecule has 1 heterocycles. The molecule has 1 fully saturated rings. The van der Waals surface area contributed by atoms with E-state index in [4.69, 9.17) is 15.0 Å². The summed E-state index contributed by atoms with van der Waals surface area (Å²) < 4.78 is 10.7. The van der Waals surface area contributed by atoms with Crippen LogP contribution < -0.4 is 0 Å². The summed E-state index contributed by atoms with van der Waals surface area (Å²) in [5.74, 6) is -0.607. The van der Waals surface area contributed by atoms with Crippen molar-refractivity contribution in [2.75, 3.05) is 6.54 Å². The van der Waals surface area contributed by atoms with E-state index in [0.717, 1.165) is 5.56 Å². The van der Waals surface area contributed by atoms with Crippen LogP contribution in [0.3, 0.4) is 0 Å². The van der Waals surface area contributed by atoms with Crippen LogP contribution in [0.1, 0.15) is 32.8 Å². The molecule has 8 heteroatoms. The molecule has 1 aromatic carbocycles. The predicted octanol–water partition coefficient (Wildman–Crippen LogP) is 3.42. The minimum absolute atomic E-state index is 0.0846. The number of ether oxygens (including phenoxy) is 2. The molecule has 8 nitrogen and oxygen atoms in total. The molecule has 0 N–H and O–H groups in total. The lowest BCUT2D eigenvalue weighted by molar-refractivity contribution is -0.150. The molecule has 1 saturated heterocycles. The van der Waals surface area contributed by atoms with Gasteiger partial charge in [-0.15, -0.1) is 0 Å². The molecule has 0 radical (unpaired) electrons. The third kappa shape index (κ3) is 5.12. The summed E-state index contributed by atoms with van der Waals surface area (Å²) >= 11 is 0. The Morgan fingerprint density at radius 3 is 2.60 bits per heavy atom. The molecule has 0 unspecified atom stereocenters. The molecular formula is C17H22N4O4. The molecule has 25 heavy (non-hydrogen) atoms. The summed E-state index contributed by atoms with van der Waals surface area (Å²) in [5, 5.41) is 3.64. The maximum atomic E-state index is 12.5. The van der Waals surface area contributed by atoms with Crippen molar-refractivity contribution in [3.8, 4) is 0 Å². The Morgan fingerprint density at radius 1 is 1.32 bits per heavy atom. The van der Waals surface area contributed by atoms with E-state index in [9.17, 15) is 9.59 Å². The van der Waals surface area contributed by atoms with Crippen molar-refractivity contribution in [3.63, 3.8) is 0 Å². The molecule has 134 valence electrons. The van der Waals surface area contributed by atoms with Gasteiger partial charge in [0.1, 0.15) is 18.2 Å². The van der Waals surface area contributed by atoms with Gasteiger partial charge in [0.2, 0.25) is 0 Å². The number of carbonyl (C=O) groups is 2. The van der Waals surface area contributed by atoms with E-state index in [0.29, 0.717) is 6.42 Å². The molecule has 2 rings (SSSR count). The minimum Gasteiger partial charge on any atom is -0.459 e. The van der Waals surface area contributed by atoms with Gasteiger partial charge in [0.15, 0.2) is 0 Å². The normalized spacial score (nSPS) is 19.9. The van der Waals surface area contributed by atoms with Crippen LogP contribution in [0.25, 0.3) is 10.4 Å². The van der Waals surface area contributed by atoms with Gasteiger partial charge in [-0.1, -0.05) is 35.4 Å². The summed E-state index contributed by atoms with van der Waals surface area (Å²) in [7, 11) is 0. The number of likely N-dealkylation sites (tertiary alicyclic amines) is 1. The quantitative estimate of drug-likeness (QED) is 0.360. The van der Waals surface area contributed by atoms with Gasteiger partial charge in [-0.05, 0) is 38.3 Å². The van der Waals surface area contributed by atoms with E-state index in [1.807, 2.05) is 30.3 Å². The highest BCUT2D eigenvalue weighted by molar-refractivity contribution is 5.83. The van der Waals surface area contributed by atoms with Crippen molar-refractivity contribution in [1.82, 2.24) is 4.90 Å². The smallest absolute Gasteiger partial charge is 0.411 e. The molecule has 0 aliphatic carbocycles. The van der Waals surface area contributed by atoms with Crippen molar-refractivity contribution < 1.29 is 19.1 Å². The topological polar surface area (TPSA) is 105 Å². The first-order valence-corrected chi connectivity index (χ1v) is 8.06. The Kier molecular flexibility index (Phi) is 5.88. The second-order valence-electron chi connectivity index (χ2n) is 6.77. The standard InChI is InChI=1S/C17H22N4O4/c1-17(2,3)25-16(23)21-10-9-13(19-20-18)14(21)15(22)24-11-12-7-5-4-6-8-12/h4-8,13-14H,9-11H2,1-3H3/t13-,14+/m1/s1. The second-order valence-corrected chi connectivity index (χ2v) is 6.77. The zero-order chi connectivity index (χ0) is 18.4. The maximum absolute atomic E-state index is 12.5. The summed E-state index contributed by atoms with van der Waals surface area (Å²) in [5.41, 5.74) is 8.86. The summed E-state index contributed by atoms with van der Waals surface area (Å²) in [6.07, 6.45) is -0.237. The predicted molar refractivity (Wildman–Crippen MR) is 90.5 cm³/mol. The van der Waals surface area contributed by atoms with Gasteiger partial charge in [-0.2, -0.15) is 0 Å². The van der Waals surface area contributed by atoms with Crippen molar-refractivity contribution >= 4 is 12.1 Å². The first kappa shape index (κ1) is 18.6. The summed E-state index contributed by atoms with van der Waals surface area (Å²) in [6, 6.07) is 7.57. The number of amides is 1. The Labute approximate surface area is 146 Å². The Balaban J connectivity index is 2.11. The zero-order valence-corrected chi connectivity index (χ0v) is 14.6. The molecule has 2 atom stereocenters. The van der Waals surface area contributed by atoms with E-state index in [1.54, 1.807) is 20.8 Å². The van der Waals surface area contributed by atoms with E-state index in [-0.39, 0.29) is 13.2 Å². The molecule has 0 aromatic heterocycles. The molecule has 1 aliphatic heterocycles. The fourth-order valence-electron chi connectivity index (χ4n) is 2.59. The van der Waals surface area contributed by atoms with Gasteiger partial charge in [0, 0.05) is 11.5 Å². The zero-order valence-electron chi connectivity index (χ0n) is 14.6. The van der Waals surface area contributed by atoms with Gasteiger partial charge in [0.05, 0.1) is 6.04 Å². The highest BCUT2D eigenvalue weighted by Crippen LogP contribution is 2.25. The van der Waals surface area contributed by atoms with Crippen molar-refractivity contribution in [2.45, 2.75) is 51.5 Å². The molecule has 1 aliphatic rings. The van der Waals surface area contributed by atoms with E-state index in [1.165, 1.54) is 4.90 Å². The van der Waals surface area contributed by atoms with Gasteiger partial charge in [-0.3, -0.25) is 4.90 Å². The summed E-state index contributed by atoms with van der Waals surface area (Å²) in [6.45, 7) is 5.59. The van der Waals surface area contributed by atoms with Crippen molar-refractivity contribution in [2.24, 2.45) is 5.11 Å². The van der Waals surface area contributed by atoms with E-state index < -0.39 is 29.7 Å². The van der Waals surface area contributed by atoms with Crippen molar-refractivity contribution in [1.29, 1.82) is 0 Å². The average molecular weight is 346 g/mol. The fourth-order valence-corrected chi connectivity index (χ4v) is 2.59. The third-order valence-electron chi connectivity index (χ3n) is 3.66. The van der Waals surface area contributed by atoms with Gasteiger partial charge in [0.25, 0.3) is 0 Å². The Hall–Kier alpha value is -2.73. The molecule has 0 bridgehead atoms. The maximum Gasteiger partial charge on any atom is 0.411 e. The highest BCUT2D eigenvalue weighted by atomic mass is 16.6. The lowest BCUT2D eigenvalue weighted by atomic mass is 10.1. The monoisotopic (exact) mass is 346 g/mol. The third-order valence-corrected chi connectivity index (χ3v) is 3.66. The number of azide groups is 1. The Bertz CT molecular complexity index is 665. The summed E-state index contributed by atoms with van der Waals surface area (Å²) in [4.78, 5) is 28.9. The van der Waals surface area contributed by atoms with Crippen LogP contribution in [0.15, 0.2) is 35.4 Å². The van der Waals surface area contributed by atoms with Crippen LogP contribution in [-0.4, -0.2) is 41.2 Å². The number of carbonyl (C=O) groups excluding carboxylic acids is 2. The first-order chi connectivity index (χ1) is 11.8. The van der Waals surface area contributed by atoms with Gasteiger partial charge >= 0.3 is 12.1 Å². The van der Waals surface area contributed by atoms with Gasteiger partial charge in [-0.25, -0.2) is 9.59 Å². The van der Waals surface area contributed by atoms with E-state index in [2.05, 4.69) is 10.0 Å². The van der Waals surface area contributed by atoms with Crippen molar-refractivity contribution in [3.05, 3.63) is 46.3 Å². The second kappa shape index (κ2) is 7.90. The number of nitrogens with zero attached hydrogens (tertiary/aromatic N) is 4. The van der Waals surface area contributed by atoms with Crippen LogP contribution in [0.5, 0.6) is 0 Å². The van der Waals surface area contributed by atoms with E-state index >= 15 is 0 Å². The molecule has 1 aromatic rings. The molecule has 1 amide bonds. The molecule has 0 spiro atoms. The molecule has 0 saturated carbocycles. The fraction of sp³-hybridized carbons (Fsp3) is 0.529. The molecular weight excluding hydrogens is 324 g/mol. The number of hydrogen-bond donors (Lipinski definition) is 0. The minimum atomic E-state index is -0.977. The lowest BCUT2D eigenvalue weighted by Gasteiger charge is -2.28. The van der Waals surface area contributed by atoms with Gasteiger partial charge < -0.3 is 9.47 Å². The first-order valence-electron chi connectivity index (χ1n) is 8.06. The van der Waals surface area contributed by atoms with Crippen LogP contribution in [-0.2, 0) is 20.9 Å². The van der Waals surface area contributed by atoms with Crippen LogP contribution in [0.4, 0.5) is 4.79 Å². The Morgan fingerprint density at radius 2 is 2.00 bits per heavy atom. The lowest BCUT2D eigenvalue weighted by Crippen LogP contribution is -2.47. The van der Waals surface area contributed by atoms with Crippen LogP contribution in [0.2, 0.25) is 0 Å². The number of hydrogen-bond acceptors (Lipinski definition) is 5. The number of esters is 1.